The molecule has 2 N–H and O–H groups in total. The quantitative estimate of drug-likeness (QED) is 0.430. The third kappa shape index (κ3) is 10.8. The fourth-order valence-electron chi connectivity index (χ4n) is 3.16. The van der Waals surface area contributed by atoms with Gasteiger partial charge in [0.25, 0.3) is 0 Å². The van der Waals surface area contributed by atoms with Gasteiger partial charge in [0, 0.05) is 5.54 Å². The summed E-state index contributed by atoms with van der Waals surface area (Å²) >= 11 is 0. The van der Waals surface area contributed by atoms with E-state index in [2.05, 4.69) is 51.1 Å². The zero-order valence-electron chi connectivity index (χ0n) is 15.5. The summed E-state index contributed by atoms with van der Waals surface area (Å²) in [6.07, 6.45) is 13.5. The average molecular weight is 340 g/mol. The summed E-state index contributed by atoms with van der Waals surface area (Å²) < 4.78 is 0. The van der Waals surface area contributed by atoms with Gasteiger partial charge in [0.1, 0.15) is 0 Å². The average Bonchev–Trinajstić information content (AvgIpc) is 2.49. The Labute approximate surface area is 150 Å². The molecule has 1 rings (SSSR count). The first-order valence-corrected chi connectivity index (χ1v) is 9.37. The maximum absolute atomic E-state index is 6.42. The Balaban J connectivity index is 0.00000484. The van der Waals surface area contributed by atoms with Crippen LogP contribution in [0, 0.1) is 5.92 Å². The second-order valence-corrected chi connectivity index (χ2v) is 7.47. The molecule has 23 heavy (non-hydrogen) atoms. The van der Waals surface area contributed by atoms with Crippen LogP contribution in [0.5, 0.6) is 0 Å². The Morgan fingerprint density at radius 2 is 1.39 bits per heavy atom. The number of benzene rings is 1. The van der Waals surface area contributed by atoms with Crippen molar-refractivity contribution in [1.82, 2.24) is 0 Å². The third-order valence-corrected chi connectivity index (χ3v) is 4.78. The fourth-order valence-corrected chi connectivity index (χ4v) is 3.16. The molecule has 2 heteroatoms. The van der Waals surface area contributed by atoms with Gasteiger partial charge < -0.3 is 5.73 Å². The Bertz CT molecular complexity index is 369. The Hall–Kier alpha value is -0.530. The van der Waals surface area contributed by atoms with E-state index in [9.17, 15) is 0 Å². The van der Waals surface area contributed by atoms with Gasteiger partial charge in [-0.3, -0.25) is 0 Å². The number of unbranched alkanes of at least 4 members (excludes halogenated alkanes) is 7. The lowest BCUT2D eigenvalue weighted by Crippen LogP contribution is -2.42. The van der Waals surface area contributed by atoms with E-state index in [1.807, 2.05) is 0 Å². The van der Waals surface area contributed by atoms with Gasteiger partial charge in [0.05, 0.1) is 0 Å². The molecule has 0 aliphatic carbocycles. The first-order chi connectivity index (χ1) is 10.5. The van der Waals surface area contributed by atoms with Crippen molar-refractivity contribution in [1.29, 1.82) is 0 Å². The van der Waals surface area contributed by atoms with Gasteiger partial charge in [-0.25, -0.2) is 0 Å². The van der Waals surface area contributed by atoms with Gasteiger partial charge in [0.15, 0.2) is 0 Å². The van der Waals surface area contributed by atoms with Crippen LogP contribution in [0.3, 0.4) is 0 Å². The molecule has 134 valence electrons. The van der Waals surface area contributed by atoms with Crippen LogP contribution >= 0.6 is 12.4 Å². The molecule has 0 saturated heterocycles. The fraction of sp³-hybridized carbons (Fsp3) is 0.714. The van der Waals surface area contributed by atoms with Crippen LogP contribution in [0.25, 0.3) is 0 Å². The van der Waals surface area contributed by atoms with Gasteiger partial charge in [-0.2, -0.15) is 0 Å². The summed E-state index contributed by atoms with van der Waals surface area (Å²) in [4.78, 5) is 0. The van der Waals surface area contributed by atoms with Crippen molar-refractivity contribution >= 4 is 12.4 Å². The molecule has 1 atom stereocenters. The highest BCUT2D eigenvalue weighted by molar-refractivity contribution is 5.85. The van der Waals surface area contributed by atoms with Gasteiger partial charge in [-0.1, -0.05) is 88.6 Å². The summed E-state index contributed by atoms with van der Waals surface area (Å²) in [5.41, 5.74) is 7.76. The van der Waals surface area contributed by atoms with E-state index in [1.54, 1.807) is 0 Å². The molecule has 0 heterocycles. The monoisotopic (exact) mass is 339 g/mol. The van der Waals surface area contributed by atoms with Crippen LogP contribution in [0.4, 0.5) is 0 Å². The summed E-state index contributed by atoms with van der Waals surface area (Å²) in [5.74, 6) is 0.579. The van der Waals surface area contributed by atoms with E-state index in [0.717, 1.165) is 6.42 Å². The molecule has 0 aliphatic rings. The Kier molecular flexibility index (Phi) is 12.5. The van der Waals surface area contributed by atoms with Gasteiger partial charge in [-0.15, -0.1) is 12.4 Å². The first-order valence-electron chi connectivity index (χ1n) is 9.37. The molecule has 0 aliphatic heterocycles. The van der Waals surface area contributed by atoms with Crippen molar-refractivity contribution in [2.75, 3.05) is 0 Å². The molecule has 1 aromatic rings. The Morgan fingerprint density at radius 3 is 1.91 bits per heavy atom. The van der Waals surface area contributed by atoms with E-state index in [4.69, 9.17) is 5.73 Å². The molecule has 0 radical (unpaired) electrons. The van der Waals surface area contributed by atoms with E-state index >= 15 is 0 Å². The van der Waals surface area contributed by atoms with Crippen LogP contribution in [-0.2, 0) is 6.42 Å². The number of hydrogen-bond donors (Lipinski definition) is 1. The molecule has 1 nitrogen and oxygen atoms in total. The minimum atomic E-state index is -0.0863. The summed E-state index contributed by atoms with van der Waals surface area (Å²) in [6.45, 7) is 6.65. The number of hydrogen-bond acceptors (Lipinski definition) is 1. The zero-order chi connectivity index (χ0) is 16.3. The van der Waals surface area contributed by atoms with E-state index in [0.29, 0.717) is 5.92 Å². The molecular weight excluding hydrogens is 302 g/mol. The minimum absolute atomic E-state index is 0. The molecule has 1 aromatic carbocycles. The summed E-state index contributed by atoms with van der Waals surface area (Å²) in [5, 5.41) is 0. The smallest absolute Gasteiger partial charge is 0.0129 e. The topological polar surface area (TPSA) is 26.0 Å². The van der Waals surface area contributed by atoms with Crippen LogP contribution in [0.15, 0.2) is 30.3 Å². The SMILES string of the molecule is CCCCCCCCCCC(Cc1ccccc1)C(C)(C)N.Cl. The van der Waals surface area contributed by atoms with Gasteiger partial charge in [0.2, 0.25) is 0 Å². The van der Waals surface area contributed by atoms with Crippen molar-refractivity contribution < 1.29 is 0 Å². The zero-order valence-corrected chi connectivity index (χ0v) is 16.3. The number of nitrogens with two attached hydrogens (primary N) is 1. The van der Waals surface area contributed by atoms with Crippen LogP contribution < -0.4 is 5.73 Å². The molecule has 0 saturated carbocycles. The van der Waals surface area contributed by atoms with Crippen molar-refractivity contribution in [2.45, 2.75) is 90.5 Å². The van der Waals surface area contributed by atoms with Crippen molar-refractivity contribution in [3.05, 3.63) is 35.9 Å². The normalized spacial score (nSPS) is 12.7. The van der Waals surface area contributed by atoms with Crippen LogP contribution in [-0.4, -0.2) is 5.54 Å². The lowest BCUT2D eigenvalue weighted by Gasteiger charge is -2.31. The van der Waals surface area contributed by atoms with Crippen LogP contribution in [0.2, 0.25) is 0 Å². The molecule has 1 unspecified atom stereocenters. The van der Waals surface area contributed by atoms with Gasteiger partial charge >= 0.3 is 0 Å². The maximum Gasteiger partial charge on any atom is 0.0129 e. The van der Waals surface area contributed by atoms with E-state index < -0.39 is 0 Å². The standard InChI is InChI=1S/C21H37N.ClH/c1-4-5-6-7-8-9-10-14-17-20(21(2,3)22)18-19-15-12-11-13-16-19;/h11-13,15-16,20H,4-10,14,17-18,22H2,1-3H3;1H. The highest BCUT2D eigenvalue weighted by atomic mass is 35.5. The third-order valence-electron chi connectivity index (χ3n) is 4.78. The number of halogens is 1. The highest BCUT2D eigenvalue weighted by Crippen LogP contribution is 2.25. The maximum atomic E-state index is 6.42. The molecule has 0 spiro atoms. The molecule has 0 fully saturated rings. The predicted molar refractivity (Wildman–Crippen MR) is 106 cm³/mol. The van der Waals surface area contributed by atoms with E-state index in [1.165, 1.54) is 63.4 Å². The largest absolute Gasteiger partial charge is 0.325 e. The second-order valence-electron chi connectivity index (χ2n) is 7.47. The number of rotatable bonds is 12. The summed E-state index contributed by atoms with van der Waals surface area (Å²) in [7, 11) is 0. The van der Waals surface area contributed by atoms with E-state index in [-0.39, 0.29) is 17.9 Å². The lowest BCUT2D eigenvalue weighted by molar-refractivity contribution is 0.290. The highest BCUT2D eigenvalue weighted by Gasteiger charge is 2.24. The second kappa shape index (κ2) is 12.8. The molecule has 0 aromatic heterocycles. The predicted octanol–water partition coefficient (Wildman–Crippen LogP) is 6.54. The van der Waals surface area contributed by atoms with Crippen molar-refractivity contribution in [3.63, 3.8) is 0 Å². The molecule has 0 amide bonds. The van der Waals surface area contributed by atoms with Crippen LogP contribution in [0.1, 0.15) is 84.1 Å². The summed E-state index contributed by atoms with van der Waals surface area (Å²) in [6, 6.07) is 10.8. The van der Waals surface area contributed by atoms with Crippen molar-refractivity contribution in [3.8, 4) is 0 Å². The van der Waals surface area contributed by atoms with Gasteiger partial charge in [-0.05, 0) is 38.2 Å². The molecular formula is C21H38ClN. The molecule has 0 bridgehead atoms. The Morgan fingerprint density at radius 1 is 0.870 bits per heavy atom. The van der Waals surface area contributed by atoms with Crippen molar-refractivity contribution in [2.24, 2.45) is 11.7 Å². The first kappa shape index (κ1) is 22.5. The lowest BCUT2D eigenvalue weighted by atomic mass is 9.80. The minimum Gasteiger partial charge on any atom is -0.325 e.